The topological polar surface area (TPSA) is 64.7 Å². The Hall–Kier alpha value is -2.51. The molecular weight excluding hydrogens is 488 g/mol. The van der Waals surface area contributed by atoms with E-state index >= 15 is 0 Å². The van der Waals surface area contributed by atoms with Gasteiger partial charge in [0.25, 0.3) is 5.69 Å². The number of aryl methyl sites for hydroxylation is 1. The van der Waals surface area contributed by atoms with Crippen LogP contribution in [0.4, 0.5) is 11.4 Å². The quantitative estimate of drug-likeness (QED) is 0.212. The minimum Gasteiger partial charge on any atom is -0.489 e. The van der Waals surface area contributed by atoms with Gasteiger partial charge in [-0.1, -0.05) is 44.0 Å². The lowest BCUT2D eigenvalue weighted by atomic mass is 10.2. The molecule has 0 amide bonds. The second-order valence-electron chi connectivity index (χ2n) is 6.10. The second kappa shape index (κ2) is 9.12. The summed E-state index contributed by atoms with van der Waals surface area (Å²) >= 11 is 6.95. The molecule has 0 saturated carbocycles. The highest BCUT2D eigenvalue weighted by molar-refractivity contribution is 9.11. The number of nitro groups is 1. The second-order valence-corrected chi connectivity index (χ2v) is 7.87. The predicted molar refractivity (Wildman–Crippen MR) is 118 cm³/mol. The molecule has 0 N–H and O–H groups in total. The smallest absolute Gasteiger partial charge is 0.295 e. The van der Waals surface area contributed by atoms with Crippen molar-refractivity contribution in [3.8, 4) is 5.75 Å². The summed E-state index contributed by atoms with van der Waals surface area (Å²) in [7, 11) is 0. The number of hydrogen-bond acceptors (Lipinski definition) is 4. The van der Waals surface area contributed by atoms with Crippen LogP contribution in [0.15, 0.2) is 74.6 Å². The lowest BCUT2D eigenvalue weighted by molar-refractivity contribution is -0.384. The summed E-state index contributed by atoms with van der Waals surface area (Å²) in [6, 6.07) is 18.3. The third kappa shape index (κ3) is 5.27. The van der Waals surface area contributed by atoms with E-state index in [-0.39, 0.29) is 5.69 Å². The third-order valence-corrected chi connectivity index (χ3v) is 5.20. The van der Waals surface area contributed by atoms with Gasteiger partial charge < -0.3 is 4.74 Å². The van der Waals surface area contributed by atoms with E-state index in [9.17, 15) is 10.1 Å². The standard InChI is InChI=1S/C21H16Br2N2O3/c1-14-2-9-20(21(10-14)25(26)27)24-12-15-3-7-18(8-4-15)28-13-16-5-6-17(22)11-19(16)23/h2-12H,13H2,1H3. The number of aliphatic imine (C=N–C) groups is 1. The highest BCUT2D eigenvalue weighted by Gasteiger charge is 2.12. The lowest BCUT2D eigenvalue weighted by Gasteiger charge is -2.08. The number of hydrogen-bond donors (Lipinski definition) is 0. The van der Waals surface area contributed by atoms with Gasteiger partial charge in [-0.15, -0.1) is 0 Å². The molecule has 3 aromatic carbocycles. The summed E-state index contributed by atoms with van der Waals surface area (Å²) in [6.07, 6.45) is 1.60. The molecule has 0 spiro atoms. The molecule has 3 rings (SSSR count). The molecule has 0 atom stereocenters. The van der Waals surface area contributed by atoms with Gasteiger partial charge in [-0.05, 0) is 60.5 Å². The Morgan fingerprint density at radius 3 is 2.50 bits per heavy atom. The Bertz CT molecular complexity index is 1030. The highest BCUT2D eigenvalue weighted by atomic mass is 79.9. The summed E-state index contributed by atoms with van der Waals surface area (Å²) in [6.45, 7) is 2.25. The van der Waals surface area contributed by atoms with Crippen molar-refractivity contribution in [1.29, 1.82) is 0 Å². The van der Waals surface area contributed by atoms with Crippen molar-refractivity contribution in [3.05, 3.63) is 96.4 Å². The molecule has 0 aliphatic rings. The van der Waals surface area contributed by atoms with Crippen molar-refractivity contribution >= 4 is 49.4 Å². The number of benzene rings is 3. The van der Waals surface area contributed by atoms with Gasteiger partial charge in [-0.3, -0.25) is 10.1 Å². The van der Waals surface area contributed by atoms with E-state index in [1.165, 1.54) is 6.07 Å². The Balaban J connectivity index is 1.68. The van der Waals surface area contributed by atoms with Gasteiger partial charge in [-0.25, -0.2) is 4.99 Å². The Morgan fingerprint density at radius 1 is 1.07 bits per heavy atom. The highest BCUT2D eigenvalue weighted by Crippen LogP contribution is 2.28. The van der Waals surface area contributed by atoms with Gasteiger partial charge in [0.1, 0.15) is 18.0 Å². The van der Waals surface area contributed by atoms with Crippen molar-refractivity contribution < 1.29 is 9.66 Å². The van der Waals surface area contributed by atoms with Crippen LogP contribution in [0, 0.1) is 17.0 Å². The molecule has 3 aromatic rings. The van der Waals surface area contributed by atoms with Crippen molar-refractivity contribution in [3.63, 3.8) is 0 Å². The van der Waals surface area contributed by atoms with Crippen LogP contribution in [-0.4, -0.2) is 11.1 Å². The molecule has 0 aliphatic heterocycles. The first-order chi connectivity index (χ1) is 13.4. The normalized spacial score (nSPS) is 11.0. The zero-order chi connectivity index (χ0) is 20.1. The minimum absolute atomic E-state index is 0.00345. The molecule has 28 heavy (non-hydrogen) atoms. The van der Waals surface area contributed by atoms with Gasteiger partial charge >= 0.3 is 0 Å². The maximum atomic E-state index is 11.2. The molecule has 7 heteroatoms. The monoisotopic (exact) mass is 502 g/mol. The Labute approximate surface area is 179 Å². The van der Waals surface area contributed by atoms with Crippen LogP contribution in [0.5, 0.6) is 5.75 Å². The van der Waals surface area contributed by atoms with Crippen LogP contribution in [0.2, 0.25) is 0 Å². The summed E-state index contributed by atoms with van der Waals surface area (Å²) in [5.41, 5.74) is 3.02. The molecule has 0 aromatic heterocycles. The van der Waals surface area contributed by atoms with Crippen molar-refractivity contribution in [2.24, 2.45) is 4.99 Å². The molecule has 5 nitrogen and oxygen atoms in total. The van der Waals surface area contributed by atoms with Crippen LogP contribution in [-0.2, 0) is 6.61 Å². The van der Waals surface area contributed by atoms with E-state index in [1.54, 1.807) is 18.3 Å². The summed E-state index contributed by atoms with van der Waals surface area (Å²) in [5.74, 6) is 0.730. The molecule has 0 saturated heterocycles. The van der Waals surface area contributed by atoms with Crippen LogP contribution >= 0.6 is 31.9 Å². The zero-order valence-electron chi connectivity index (χ0n) is 14.9. The lowest BCUT2D eigenvalue weighted by Crippen LogP contribution is -1.96. The first kappa shape index (κ1) is 20.2. The molecule has 0 fully saturated rings. The van der Waals surface area contributed by atoms with Gasteiger partial charge in [0.15, 0.2) is 0 Å². The first-order valence-corrected chi connectivity index (χ1v) is 9.97. The molecule has 0 heterocycles. The number of rotatable bonds is 6. The minimum atomic E-state index is -0.420. The van der Waals surface area contributed by atoms with Gasteiger partial charge in [0, 0.05) is 26.8 Å². The number of halogens is 2. The van der Waals surface area contributed by atoms with E-state index in [1.807, 2.05) is 49.4 Å². The van der Waals surface area contributed by atoms with Gasteiger partial charge in [-0.2, -0.15) is 0 Å². The maximum absolute atomic E-state index is 11.2. The van der Waals surface area contributed by atoms with Crippen molar-refractivity contribution in [2.45, 2.75) is 13.5 Å². The number of ether oxygens (including phenoxy) is 1. The van der Waals surface area contributed by atoms with Crippen molar-refractivity contribution in [2.75, 3.05) is 0 Å². The average molecular weight is 504 g/mol. The van der Waals surface area contributed by atoms with E-state index in [0.29, 0.717) is 12.3 Å². The SMILES string of the molecule is Cc1ccc(N=Cc2ccc(OCc3ccc(Br)cc3Br)cc2)c([N+](=O)[O-])c1. The molecular formula is C21H16Br2N2O3. The largest absolute Gasteiger partial charge is 0.489 e. The molecule has 0 radical (unpaired) electrons. The van der Waals surface area contributed by atoms with Crippen LogP contribution < -0.4 is 4.74 Å². The average Bonchev–Trinajstić information content (AvgIpc) is 2.67. The van der Waals surface area contributed by atoms with Crippen LogP contribution in [0.25, 0.3) is 0 Å². The zero-order valence-corrected chi connectivity index (χ0v) is 18.1. The summed E-state index contributed by atoms with van der Waals surface area (Å²) in [5, 5.41) is 11.2. The predicted octanol–water partition coefficient (Wildman–Crippen LogP) is 6.76. The fraction of sp³-hybridized carbons (Fsp3) is 0.0952. The van der Waals surface area contributed by atoms with E-state index in [2.05, 4.69) is 36.9 Å². The number of nitro benzene ring substituents is 1. The fourth-order valence-electron chi connectivity index (χ4n) is 2.48. The third-order valence-electron chi connectivity index (χ3n) is 3.97. The summed E-state index contributed by atoms with van der Waals surface area (Å²) in [4.78, 5) is 15.0. The summed E-state index contributed by atoms with van der Waals surface area (Å²) < 4.78 is 7.79. The fourth-order valence-corrected chi connectivity index (χ4v) is 3.64. The van der Waals surface area contributed by atoms with Crippen molar-refractivity contribution in [1.82, 2.24) is 0 Å². The van der Waals surface area contributed by atoms with Gasteiger partial charge in [0.05, 0.1) is 4.92 Å². The van der Waals surface area contributed by atoms with E-state index in [4.69, 9.17) is 4.74 Å². The molecule has 0 bridgehead atoms. The molecule has 0 aliphatic carbocycles. The molecule has 0 unspecified atom stereocenters. The molecule has 142 valence electrons. The van der Waals surface area contributed by atoms with E-state index in [0.717, 1.165) is 31.4 Å². The van der Waals surface area contributed by atoms with Gasteiger partial charge in [0.2, 0.25) is 0 Å². The van der Waals surface area contributed by atoms with E-state index < -0.39 is 4.92 Å². The van der Waals surface area contributed by atoms with Crippen LogP contribution in [0.1, 0.15) is 16.7 Å². The maximum Gasteiger partial charge on any atom is 0.295 e. The Kier molecular flexibility index (Phi) is 6.59. The van der Waals surface area contributed by atoms with Crippen LogP contribution in [0.3, 0.4) is 0 Å². The Morgan fingerprint density at radius 2 is 1.82 bits per heavy atom. The number of nitrogens with zero attached hydrogens (tertiary/aromatic N) is 2. The first-order valence-electron chi connectivity index (χ1n) is 8.38.